The number of benzene rings is 3. The van der Waals surface area contributed by atoms with Gasteiger partial charge in [-0.3, -0.25) is 0 Å². The van der Waals surface area contributed by atoms with Crippen LogP contribution in [-0.2, 0) is 0 Å². The third-order valence-corrected chi connectivity index (χ3v) is 6.03. The fourth-order valence-corrected chi connectivity index (χ4v) is 4.35. The largest absolute Gasteiger partial charge is 0.497 e. The molecule has 0 radical (unpaired) electrons. The van der Waals surface area contributed by atoms with Crippen LogP contribution in [0.3, 0.4) is 0 Å². The lowest BCUT2D eigenvalue weighted by Crippen LogP contribution is -2.33. The van der Waals surface area contributed by atoms with Crippen molar-refractivity contribution in [1.29, 1.82) is 0 Å². The summed E-state index contributed by atoms with van der Waals surface area (Å²) in [5, 5.41) is 7.12. The van der Waals surface area contributed by atoms with E-state index in [0.29, 0.717) is 0 Å². The highest BCUT2D eigenvalue weighted by Gasteiger charge is 2.41. The van der Waals surface area contributed by atoms with Crippen LogP contribution in [0.1, 0.15) is 40.9 Å². The minimum atomic E-state index is -0.245. The van der Waals surface area contributed by atoms with E-state index in [2.05, 4.69) is 70.3 Å². The first kappa shape index (κ1) is 18.3. The second-order valence-electron chi connectivity index (χ2n) is 7.44. The van der Waals surface area contributed by atoms with Gasteiger partial charge in [-0.05, 0) is 55.0 Å². The number of hydrogen-bond acceptors (Lipinski definition) is 4. The summed E-state index contributed by atoms with van der Waals surface area (Å²) in [4.78, 5) is 0. The number of rotatable bonds is 3. The Kier molecular flexibility index (Phi) is 4.55. The summed E-state index contributed by atoms with van der Waals surface area (Å²) < 4.78 is 12.8. The molecule has 0 amide bonds. The van der Waals surface area contributed by atoms with Crippen LogP contribution < -0.4 is 9.47 Å². The fourth-order valence-electron chi connectivity index (χ4n) is 3.97. The summed E-state index contributed by atoms with van der Waals surface area (Å²) in [5.41, 5.74) is 5.67. The highest BCUT2D eigenvalue weighted by Crippen LogP contribution is 2.48. The van der Waals surface area contributed by atoms with Crippen molar-refractivity contribution in [3.8, 4) is 11.5 Å². The van der Waals surface area contributed by atoms with E-state index in [-0.39, 0.29) is 12.3 Å². The van der Waals surface area contributed by atoms with Crippen LogP contribution in [0, 0.1) is 6.92 Å². The van der Waals surface area contributed by atoms with Gasteiger partial charge in [0.2, 0.25) is 6.23 Å². The Balaban J connectivity index is 1.57. The van der Waals surface area contributed by atoms with Gasteiger partial charge in [0.15, 0.2) is 0 Å². The Bertz CT molecular complexity index is 1080. The second kappa shape index (κ2) is 7.23. The average molecular weight is 449 g/mol. The maximum atomic E-state index is 6.43. The highest BCUT2D eigenvalue weighted by atomic mass is 79.9. The Morgan fingerprint density at radius 3 is 2.52 bits per heavy atom. The van der Waals surface area contributed by atoms with Gasteiger partial charge < -0.3 is 9.47 Å². The second-order valence-corrected chi connectivity index (χ2v) is 8.35. The molecule has 0 aliphatic carbocycles. The van der Waals surface area contributed by atoms with Gasteiger partial charge in [0.25, 0.3) is 0 Å². The summed E-state index contributed by atoms with van der Waals surface area (Å²) in [6.45, 7) is 2.09. The normalized spacial score (nSPS) is 19.8. The Labute approximate surface area is 178 Å². The number of aryl methyl sites for hydroxylation is 1. The van der Waals surface area contributed by atoms with E-state index in [4.69, 9.17) is 14.6 Å². The monoisotopic (exact) mass is 448 g/mol. The van der Waals surface area contributed by atoms with Gasteiger partial charge in [0.05, 0.1) is 18.9 Å². The molecule has 146 valence electrons. The molecule has 0 spiro atoms. The van der Waals surface area contributed by atoms with Crippen LogP contribution in [0.4, 0.5) is 0 Å². The fraction of sp³-hybridized carbons (Fsp3) is 0.208. The number of halogens is 1. The van der Waals surface area contributed by atoms with Crippen LogP contribution in [-0.4, -0.2) is 17.8 Å². The van der Waals surface area contributed by atoms with Crippen LogP contribution in [0.25, 0.3) is 0 Å². The third-order valence-electron chi connectivity index (χ3n) is 5.54. The third kappa shape index (κ3) is 3.29. The molecule has 0 N–H and O–H groups in total. The number of ether oxygens (including phenoxy) is 2. The molecule has 0 saturated heterocycles. The van der Waals surface area contributed by atoms with E-state index < -0.39 is 0 Å². The zero-order chi connectivity index (χ0) is 20.0. The lowest BCUT2D eigenvalue weighted by atomic mass is 9.96. The minimum absolute atomic E-state index is 0.139. The molecule has 0 bridgehead atoms. The van der Waals surface area contributed by atoms with Crippen molar-refractivity contribution in [1.82, 2.24) is 5.01 Å². The summed E-state index contributed by atoms with van der Waals surface area (Å²) in [6.07, 6.45) is 0.589. The van der Waals surface area contributed by atoms with Gasteiger partial charge in [-0.15, -0.1) is 0 Å². The Morgan fingerprint density at radius 2 is 1.79 bits per heavy atom. The quantitative estimate of drug-likeness (QED) is 0.491. The Morgan fingerprint density at radius 1 is 1.03 bits per heavy atom. The molecule has 29 heavy (non-hydrogen) atoms. The van der Waals surface area contributed by atoms with Crippen molar-refractivity contribution >= 4 is 21.6 Å². The number of hydrogen-bond donors (Lipinski definition) is 0. The molecule has 0 fully saturated rings. The van der Waals surface area contributed by atoms with Crippen molar-refractivity contribution in [2.45, 2.75) is 25.6 Å². The van der Waals surface area contributed by atoms with E-state index in [9.17, 15) is 0 Å². The summed E-state index contributed by atoms with van der Waals surface area (Å²) in [7, 11) is 1.68. The molecule has 3 aromatic carbocycles. The number of hydrazone groups is 1. The molecule has 2 atom stereocenters. The first-order chi connectivity index (χ1) is 14.1. The van der Waals surface area contributed by atoms with E-state index in [1.807, 2.05) is 24.3 Å². The topological polar surface area (TPSA) is 34.1 Å². The summed E-state index contributed by atoms with van der Waals surface area (Å²) >= 11 is 3.61. The van der Waals surface area contributed by atoms with Crippen LogP contribution in [0.5, 0.6) is 11.5 Å². The van der Waals surface area contributed by atoms with Gasteiger partial charge in [-0.25, -0.2) is 5.01 Å². The molecule has 3 aromatic rings. The molecule has 2 aliphatic rings. The number of methoxy groups -OCH3 is 1. The molecule has 2 aliphatic heterocycles. The lowest BCUT2D eigenvalue weighted by molar-refractivity contribution is -0.0190. The smallest absolute Gasteiger partial charge is 0.213 e. The first-order valence-corrected chi connectivity index (χ1v) is 10.4. The average Bonchev–Trinajstić information content (AvgIpc) is 3.20. The molecule has 0 aromatic heterocycles. The standard InChI is InChI=1S/C24H21BrN2O2/c1-15-3-5-17(6-4-15)24-27-22(20-13-18(25)9-12-23(20)29-24)14-21(26-27)16-7-10-19(28-2)11-8-16/h3-13,22,24H,14H2,1-2H3/t22-,24-/m0/s1. The van der Waals surface area contributed by atoms with Crippen molar-refractivity contribution in [2.75, 3.05) is 7.11 Å². The van der Waals surface area contributed by atoms with Crippen molar-refractivity contribution in [3.05, 3.63) is 93.5 Å². The minimum Gasteiger partial charge on any atom is -0.497 e. The maximum absolute atomic E-state index is 6.43. The van der Waals surface area contributed by atoms with Crippen LogP contribution in [0.15, 0.2) is 76.3 Å². The molecular weight excluding hydrogens is 428 g/mol. The Hall–Kier alpha value is -2.79. The molecule has 0 unspecified atom stereocenters. The van der Waals surface area contributed by atoms with E-state index in [1.54, 1.807) is 7.11 Å². The van der Waals surface area contributed by atoms with E-state index in [0.717, 1.165) is 44.8 Å². The van der Waals surface area contributed by atoms with Crippen LogP contribution in [0.2, 0.25) is 0 Å². The predicted octanol–water partition coefficient (Wildman–Crippen LogP) is 6.01. The van der Waals surface area contributed by atoms with Crippen molar-refractivity contribution < 1.29 is 9.47 Å². The first-order valence-electron chi connectivity index (χ1n) is 9.65. The number of fused-ring (bicyclic) bond motifs is 3. The molecule has 0 saturated carbocycles. The van der Waals surface area contributed by atoms with Gasteiger partial charge in [0.1, 0.15) is 11.5 Å². The van der Waals surface area contributed by atoms with Crippen LogP contribution >= 0.6 is 15.9 Å². The summed E-state index contributed by atoms with van der Waals surface area (Å²) in [6, 6.07) is 22.9. The molecule has 5 heteroatoms. The highest BCUT2D eigenvalue weighted by molar-refractivity contribution is 9.10. The van der Waals surface area contributed by atoms with Crippen molar-refractivity contribution in [2.24, 2.45) is 5.10 Å². The predicted molar refractivity (Wildman–Crippen MR) is 117 cm³/mol. The maximum Gasteiger partial charge on any atom is 0.213 e. The van der Waals surface area contributed by atoms with Gasteiger partial charge in [-0.2, -0.15) is 5.10 Å². The number of nitrogens with zero attached hydrogens (tertiary/aromatic N) is 2. The lowest BCUT2D eigenvalue weighted by Gasteiger charge is -2.38. The molecule has 2 heterocycles. The molecular formula is C24H21BrN2O2. The van der Waals surface area contributed by atoms with Gasteiger partial charge >= 0.3 is 0 Å². The molecule has 4 nitrogen and oxygen atoms in total. The zero-order valence-corrected chi connectivity index (χ0v) is 17.9. The summed E-state index contributed by atoms with van der Waals surface area (Å²) in [5.74, 6) is 1.77. The SMILES string of the molecule is COc1ccc(C2=NN3[C@@H](C2)c2cc(Br)ccc2O[C@H]3c2ccc(C)cc2)cc1. The van der Waals surface area contributed by atoms with Gasteiger partial charge in [-0.1, -0.05) is 45.8 Å². The zero-order valence-electron chi connectivity index (χ0n) is 16.3. The van der Waals surface area contributed by atoms with E-state index >= 15 is 0 Å². The van der Waals surface area contributed by atoms with E-state index in [1.165, 1.54) is 5.56 Å². The van der Waals surface area contributed by atoms with Crippen molar-refractivity contribution in [3.63, 3.8) is 0 Å². The molecule has 5 rings (SSSR count). The van der Waals surface area contributed by atoms with Gasteiger partial charge in [0, 0.05) is 22.0 Å².